The van der Waals surface area contributed by atoms with Crippen LogP contribution in [0.25, 0.3) is 5.69 Å². The molecule has 6 nitrogen and oxygen atoms in total. The fraction of sp³-hybridized carbons (Fsp3) is 0.190. The van der Waals surface area contributed by atoms with Crippen LogP contribution >= 0.6 is 11.6 Å². The number of nitrogens with one attached hydrogen (secondary N) is 1. The van der Waals surface area contributed by atoms with Gasteiger partial charge in [0, 0.05) is 5.69 Å². The number of benzene rings is 2. The summed E-state index contributed by atoms with van der Waals surface area (Å²) in [6.45, 7) is 3.30. The zero-order valence-corrected chi connectivity index (χ0v) is 16.4. The molecule has 1 aromatic heterocycles. The second kappa shape index (κ2) is 8.71. The lowest BCUT2D eigenvalue weighted by Gasteiger charge is -2.07. The molecule has 0 radical (unpaired) electrons. The number of hydrogen-bond acceptors (Lipinski definition) is 4. The maximum atomic E-state index is 12.4. The van der Waals surface area contributed by atoms with Crippen LogP contribution in [-0.2, 0) is 16.0 Å². The summed E-state index contributed by atoms with van der Waals surface area (Å²) in [5, 5.41) is 7.13. The summed E-state index contributed by atoms with van der Waals surface area (Å²) in [6.07, 6.45) is 0.919. The predicted molar refractivity (Wildman–Crippen MR) is 108 cm³/mol. The molecular formula is C21H20ClN3O3. The van der Waals surface area contributed by atoms with Crippen molar-refractivity contribution in [3.63, 3.8) is 0 Å². The molecular weight excluding hydrogens is 378 g/mol. The molecule has 0 bridgehead atoms. The van der Waals surface area contributed by atoms with Gasteiger partial charge in [0.1, 0.15) is 10.7 Å². The van der Waals surface area contributed by atoms with Crippen molar-refractivity contribution in [2.45, 2.75) is 20.3 Å². The normalized spacial score (nSPS) is 10.5. The van der Waals surface area contributed by atoms with E-state index in [0.717, 1.165) is 12.1 Å². The average Bonchev–Trinajstić information content (AvgIpc) is 3.01. The minimum absolute atomic E-state index is 0.143. The Labute approximate surface area is 168 Å². The second-order valence-corrected chi connectivity index (χ2v) is 6.53. The van der Waals surface area contributed by atoms with E-state index in [0.29, 0.717) is 11.4 Å². The monoisotopic (exact) mass is 397 g/mol. The summed E-state index contributed by atoms with van der Waals surface area (Å²) in [6, 6.07) is 16.7. The molecule has 0 saturated heterocycles. The fourth-order valence-corrected chi connectivity index (χ4v) is 3.04. The third-order valence-electron chi connectivity index (χ3n) is 4.19. The van der Waals surface area contributed by atoms with Crippen LogP contribution in [0.5, 0.6) is 0 Å². The summed E-state index contributed by atoms with van der Waals surface area (Å²) < 4.78 is 6.59. The quantitative estimate of drug-likeness (QED) is 0.633. The molecule has 0 aliphatic heterocycles. The SMILES string of the molecule is CCc1ccc(NC(=O)COC(=O)c2c(C)nn(-c3ccccc3)c2Cl)cc1. The first-order valence-electron chi connectivity index (χ1n) is 8.86. The van der Waals surface area contributed by atoms with Gasteiger partial charge >= 0.3 is 5.97 Å². The Morgan fingerprint density at radius 3 is 2.43 bits per heavy atom. The van der Waals surface area contributed by atoms with Crippen molar-refractivity contribution in [2.75, 3.05) is 11.9 Å². The van der Waals surface area contributed by atoms with Gasteiger partial charge in [0.05, 0.1) is 11.4 Å². The number of esters is 1. The molecule has 0 saturated carbocycles. The Bertz CT molecular complexity index is 982. The summed E-state index contributed by atoms with van der Waals surface area (Å²) in [7, 11) is 0. The van der Waals surface area contributed by atoms with Crippen LogP contribution in [0, 0.1) is 6.92 Å². The van der Waals surface area contributed by atoms with Crippen LogP contribution < -0.4 is 5.32 Å². The first kappa shape index (κ1) is 19.6. The van der Waals surface area contributed by atoms with Crippen LogP contribution in [0.15, 0.2) is 54.6 Å². The van der Waals surface area contributed by atoms with Gasteiger partial charge in [-0.15, -0.1) is 0 Å². The second-order valence-electron chi connectivity index (χ2n) is 6.17. The summed E-state index contributed by atoms with van der Waals surface area (Å²) in [4.78, 5) is 24.5. The van der Waals surface area contributed by atoms with Crippen molar-refractivity contribution in [1.29, 1.82) is 0 Å². The lowest BCUT2D eigenvalue weighted by Crippen LogP contribution is -2.21. The number of carbonyl (C=O) groups is 2. The van der Waals surface area contributed by atoms with E-state index in [-0.39, 0.29) is 10.7 Å². The van der Waals surface area contributed by atoms with E-state index in [1.807, 2.05) is 54.6 Å². The Morgan fingerprint density at radius 2 is 1.79 bits per heavy atom. The smallest absolute Gasteiger partial charge is 0.343 e. The van der Waals surface area contributed by atoms with Gasteiger partial charge in [-0.2, -0.15) is 5.10 Å². The molecule has 28 heavy (non-hydrogen) atoms. The highest BCUT2D eigenvalue weighted by Gasteiger charge is 2.23. The summed E-state index contributed by atoms with van der Waals surface area (Å²) in [5.74, 6) is -1.12. The molecule has 0 spiro atoms. The number of para-hydroxylation sites is 1. The molecule has 0 aliphatic rings. The summed E-state index contributed by atoms with van der Waals surface area (Å²) in [5.41, 5.74) is 3.11. The van der Waals surface area contributed by atoms with E-state index >= 15 is 0 Å². The highest BCUT2D eigenvalue weighted by atomic mass is 35.5. The Morgan fingerprint density at radius 1 is 1.11 bits per heavy atom. The average molecular weight is 398 g/mol. The van der Waals surface area contributed by atoms with Gasteiger partial charge in [-0.05, 0) is 43.2 Å². The van der Waals surface area contributed by atoms with E-state index in [9.17, 15) is 9.59 Å². The van der Waals surface area contributed by atoms with Crippen molar-refractivity contribution in [3.8, 4) is 5.69 Å². The number of hydrogen-bond donors (Lipinski definition) is 1. The van der Waals surface area contributed by atoms with Gasteiger partial charge in [-0.1, -0.05) is 48.9 Å². The van der Waals surface area contributed by atoms with Crippen LogP contribution in [0.3, 0.4) is 0 Å². The van der Waals surface area contributed by atoms with Crippen LogP contribution in [-0.4, -0.2) is 28.3 Å². The molecule has 0 unspecified atom stereocenters. The van der Waals surface area contributed by atoms with Gasteiger partial charge in [0.15, 0.2) is 6.61 Å². The van der Waals surface area contributed by atoms with E-state index in [2.05, 4.69) is 17.3 Å². The minimum Gasteiger partial charge on any atom is -0.452 e. The zero-order valence-electron chi connectivity index (χ0n) is 15.6. The highest BCUT2D eigenvalue weighted by Crippen LogP contribution is 2.24. The van der Waals surface area contributed by atoms with E-state index in [4.69, 9.17) is 16.3 Å². The molecule has 1 heterocycles. The predicted octanol–water partition coefficient (Wildman–Crippen LogP) is 4.19. The van der Waals surface area contributed by atoms with Crippen LogP contribution in [0.2, 0.25) is 5.15 Å². The standard InChI is InChI=1S/C21H20ClN3O3/c1-3-15-9-11-16(12-10-15)23-18(26)13-28-21(27)19-14(2)24-25(20(19)22)17-7-5-4-6-8-17/h4-12H,3,13H2,1-2H3,(H,23,26). The first-order chi connectivity index (χ1) is 13.5. The largest absolute Gasteiger partial charge is 0.452 e. The Hall–Kier alpha value is -3.12. The highest BCUT2D eigenvalue weighted by molar-refractivity contribution is 6.33. The Balaban J connectivity index is 1.64. The van der Waals surface area contributed by atoms with Gasteiger partial charge in [-0.3, -0.25) is 4.79 Å². The van der Waals surface area contributed by atoms with Gasteiger partial charge in [0.25, 0.3) is 5.91 Å². The molecule has 0 fully saturated rings. The number of aromatic nitrogens is 2. The topological polar surface area (TPSA) is 73.2 Å². The number of aryl methyl sites for hydroxylation is 2. The third kappa shape index (κ3) is 4.40. The molecule has 0 atom stereocenters. The number of amides is 1. The van der Waals surface area contributed by atoms with Crippen molar-refractivity contribution < 1.29 is 14.3 Å². The van der Waals surface area contributed by atoms with Gasteiger partial charge < -0.3 is 10.1 Å². The first-order valence-corrected chi connectivity index (χ1v) is 9.24. The summed E-state index contributed by atoms with van der Waals surface area (Å²) >= 11 is 6.33. The van der Waals surface area contributed by atoms with Crippen molar-refractivity contribution in [1.82, 2.24) is 9.78 Å². The lowest BCUT2D eigenvalue weighted by atomic mass is 10.1. The molecule has 1 amide bonds. The van der Waals surface area contributed by atoms with Crippen molar-refractivity contribution >= 4 is 29.2 Å². The lowest BCUT2D eigenvalue weighted by molar-refractivity contribution is -0.119. The van der Waals surface area contributed by atoms with Crippen molar-refractivity contribution in [3.05, 3.63) is 76.6 Å². The van der Waals surface area contributed by atoms with Gasteiger partial charge in [-0.25, -0.2) is 9.48 Å². The molecule has 144 valence electrons. The molecule has 3 aromatic rings. The number of halogens is 1. The number of carbonyl (C=O) groups excluding carboxylic acids is 2. The maximum Gasteiger partial charge on any atom is 0.343 e. The number of nitrogens with zero attached hydrogens (tertiary/aromatic N) is 2. The number of rotatable bonds is 6. The number of ether oxygens (including phenoxy) is 1. The van der Waals surface area contributed by atoms with Crippen LogP contribution in [0.1, 0.15) is 28.5 Å². The maximum absolute atomic E-state index is 12.4. The Kier molecular flexibility index (Phi) is 6.11. The number of anilines is 1. The van der Waals surface area contributed by atoms with Gasteiger partial charge in [0.2, 0.25) is 0 Å². The molecule has 7 heteroatoms. The van der Waals surface area contributed by atoms with E-state index in [1.54, 1.807) is 6.92 Å². The molecule has 3 rings (SSSR count). The van der Waals surface area contributed by atoms with Crippen molar-refractivity contribution in [2.24, 2.45) is 0 Å². The fourth-order valence-electron chi connectivity index (χ4n) is 2.70. The van der Waals surface area contributed by atoms with E-state index in [1.165, 1.54) is 10.2 Å². The third-order valence-corrected chi connectivity index (χ3v) is 4.54. The van der Waals surface area contributed by atoms with Crippen LogP contribution in [0.4, 0.5) is 5.69 Å². The zero-order chi connectivity index (χ0) is 20.1. The molecule has 1 N–H and O–H groups in total. The molecule has 2 aromatic carbocycles. The van der Waals surface area contributed by atoms with E-state index < -0.39 is 18.5 Å². The molecule has 0 aliphatic carbocycles. The minimum atomic E-state index is -0.693.